The topological polar surface area (TPSA) is 121 Å². The number of nitrogens with one attached hydrogen (secondary N) is 2. The van der Waals surface area contributed by atoms with E-state index in [4.69, 9.17) is 9.26 Å². The minimum absolute atomic E-state index is 0.138. The molecule has 0 aliphatic heterocycles. The average molecular weight is 627 g/mol. The first-order valence-electron chi connectivity index (χ1n) is 16.3. The highest BCUT2D eigenvalue weighted by atomic mass is 31.2. The molecule has 0 aliphatic rings. The molecular formula is C35H51N2O6P. The van der Waals surface area contributed by atoms with E-state index < -0.39 is 13.9 Å². The molecule has 44 heavy (non-hydrogen) atoms. The summed E-state index contributed by atoms with van der Waals surface area (Å²) in [7, 11) is -4.66. The Labute approximate surface area is 262 Å². The number of hydrogen-bond donors (Lipinski definition) is 4. The molecule has 0 unspecified atom stereocenters. The summed E-state index contributed by atoms with van der Waals surface area (Å²) in [5, 5.41) is 3.96. The van der Waals surface area contributed by atoms with Gasteiger partial charge in [-0.3, -0.25) is 9.32 Å². The lowest BCUT2D eigenvalue weighted by atomic mass is 10.1. The zero-order chi connectivity index (χ0) is 31.5. The van der Waals surface area contributed by atoms with Crippen molar-refractivity contribution in [3.8, 4) is 11.6 Å². The number of aromatic nitrogens is 1. The van der Waals surface area contributed by atoms with Crippen molar-refractivity contribution in [3.63, 3.8) is 0 Å². The monoisotopic (exact) mass is 626 g/mol. The summed E-state index contributed by atoms with van der Waals surface area (Å²) < 4.78 is 22.0. The number of para-hydroxylation sites is 1. The smallest absolute Gasteiger partial charge is 0.441 e. The maximum absolute atomic E-state index is 12.6. The zero-order valence-corrected chi connectivity index (χ0v) is 27.1. The zero-order valence-electron chi connectivity index (χ0n) is 26.2. The summed E-state index contributed by atoms with van der Waals surface area (Å²) in [5.74, 6) is 1.15. The molecule has 0 spiro atoms. The van der Waals surface area contributed by atoms with Crippen molar-refractivity contribution >= 4 is 24.6 Å². The highest BCUT2D eigenvalue weighted by Gasteiger charge is 2.20. The summed E-state index contributed by atoms with van der Waals surface area (Å²) in [6, 6.07) is 16.7. The van der Waals surface area contributed by atoms with Gasteiger partial charge in [-0.2, -0.15) is 0 Å². The molecule has 1 amide bonds. The Morgan fingerprint density at radius 3 is 2.18 bits per heavy atom. The van der Waals surface area contributed by atoms with Crippen molar-refractivity contribution in [1.29, 1.82) is 0 Å². The highest BCUT2D eigenvalue weighted by molar-refractivity contribution is 7.46. The Kier molecular flexibility index (Phi) is 16.3. The molecule has 8 nitrogen and oxygen atoms in total. The quantitative estimate of drug-likeness (QED) is 0.0473. The number of benzene rings is 2. The van der Waals surface area contributed by atoms with E-state index in [1.165, 1.54) is 51.4 Å². The van der Waals surface area contributed by atoms with Gasteiger partial charge in [0.25, 0.3) is 0 Å². The largest absolute Gasteiger partial charge is 0.469 e. The fourth-order valence-electron chi connectivity index (χ4n) is 5.20. The number of carbonyl (C=O) groups excluding carboxylic acids is 1. The second-order valence-electron chi connectivity index (χ2n) is 11.6. The number of hydrogen-bond acceptors (Lipinski definition) is 4. The Hall–Kier alpha value is -2.90. The van der Waals surface area contributed by atoms with Gasteiger partial charge in [-0.1, -0.05) is 101 Å². The molecule has 0 saturated carbocycles. The number of H-pyrrole nitrogens is 1. The van der Waals surface area contributed by atoms with Gasteiger partial charge in [0, 0.05) is 23.4 Å². The number of phosphoric acid groups is 1. The molecule has 0 bridgehead atoms. The van der Waals surface area contributed by atoms with Crippen LogP contribution in [0.15, 0.2) is 66.7 Å². The van der Waals surface area contributed by atoms with Gasteiger partial charge in [0.2, 0.25) is 5.91 Å². The van der Waals surface area contributed by atoms with Crippen LogP contribution in [0.1, 0.15) is 102 Å². The third-order valence-corrected chi connectivity index (χ3v) is 8.10. The average Bonchev–Trinajstić information content (AvgIpc) is 3.41. The van der Waals surface area contributed by atoms with E-state index >= 15 is 0 Å². The molecule has 2 aromatic carbocycles. The molecule has 4 N–H and O–H groups in total. The van der Waals surface area contributed by atoms with Crippen LogP contribution in [-0.4, -0.2) is 33.3 Å². The van der Waals surface area contributed by atoms with Crippen LogP contribution in [0.5, 0.6) is 11.6 Å². The number of phosphoric ester groups is 1. The molecule has 1 atom stereocenters. The van der Waals surface area contributed by atoms with E-state index in [9.17, 15) is 19.1 Å². The standard InChI is InChI=1S/C35H51N2O6P/c1-2-3-4-5-6-7-8-9-10-11-12-13-14-15-16-21-34(38)36-31(28-42-44(39,40)41)26-29-22-24-32(25-23-29)43-35-27-30-19-17-18-20-33(30)37-35/h9-10,17-20,22-25,27,31,37H,2-8,11-16,21,26,28H2,1H3,(H,36,38)(H2,39,40,41)/b10-9-/t31-/m0/s1. The van der Waals surface area contributed by atoms with Crippen LogP contribution >= 0.6 is 7.82 Å². The SMILES string of the molecule is CCCCCCCC/C=C\CCCCCCCC(=O)N[C@H](COP(=O)(O)O)Cc1ccc(Oc2cc3ccccc3[nH]2)cc1. The predicted molar refractivity (Wildman–Crippen MR) is 178 cm³/mol. The number of rotatable bonds is 23. The van der Waals surface area contributed by atoms with Gasteiger partial charge < -0.3 is 24.8 Å². The number of fused-ring (bicyclic) bond motifs is 1. The number of allylic oxidation sites excluding steroid dienone is 2. The van der Waals surface area contributed by atoms with Crippen LogP contribution in [0.25, 0.3) is 10.9 Å². The third kappa shape index (κ3) is 15.2. The second kappa shape index (κ2) is 20.2. The highest BCUT2D eigenvalue weighted by Crippen LogP contribution is 2.36. The number of carbonyl (C=O) groups is 1. The van der Waals surface area contributed by atoms with Gasteiger partial charge in [-0.05, 0) is 62.3 Å². The summed E-state index contributed by atoms with van der Waals surface area (Å²) in [6.07, 6.45) is 20.9. The molecule has 242 valence electrons. The first-order chi connectivity index (χ1) is 21.3. The van der Waals surface area contributed by atoms with E-state index in [2.05, 4.69) is 29.4 Å². The first-order valence-corrected chi connectivity index (χ1v) is 17.8. The van der Waals surface area contributed by atoms with E-state index in [-0.39, 0.29) is 12.5 Å². The molecule has 0 radical (unpaired) electrons. The van der Waals surface area contributed by atoms with Crippen LogP contribution in [0.2, 0.25) is 0 Å². The Morgan fingerprint density at radius 1 is 0.886 bits per heavy atom. The van der Waals surface area contributed by atoms with Crippen molar-refractivity contribution in [2.75, 3.05) is 6.61 Å². The molecule has 1 aromatic heterocycles. The van der Waals surface area contributed by atoms with Gasteiger partial charge in [0.15, 0.2) is 5.88 Å². The van der Waals surface area contributed by atoms with E-state index in [0.29, 0.717) is 24.5 Å². The van der Waals surface area contributed by atoms with Crippen LogP contribution in [0.4, 0.5) is 0 Å². The molecule has 0 fully saturated rings. The fourth-order valence-corrected chi connectivity index (χ4v) is 5.58. The molecule has 9 heteroatoms. The van der Waals surface area contributed by atoms with Crippen molar-refractivity contribution < 1.29 is 28.4 Å². The Morgan fingerprint density at radius 2 is 1.52 bits per heavy atom. The lowest BCUT2D eigenvalue weighted by Gasteiger charge is -2.19. The summed E-state index contributed by atoms with van der Waals surface area (Å²) in [5.41, 5.74) is 1.87. The number of amides is 1. The predicted octanol–water partition coefficient (Wildman–Crippen LogP) is 9.13. The molecule has 1 heterocycles. The van der Waals surface area contributed by atoms with Gasteiger partial charge in [-0.25, -0.2) is 4.57 Å². The summed E-state index contributed by atoms with van der Waals surface area (Å²) in [6.45, 7) is 1.97. The van der Waals surface area contributed by atoms with Crippen LogP contribution in [0.3, 0.4) is 0 Å². The first kappa shape index (κ1) is 35.6. The van der Waals surface area contributed by atoms with Crippen molar-refractivity contribution in [2.45, 2.75) is 109 Å². The second-order valence-corrected chi connectivity index (χ2v) is 12.8. The van der Waals surface area contributed by atoms with Crippen molar-refractivity contribution in [2.24, 2.45) is 0 Å². The normalized spacial score (nSPS) is 12.6. The lowest BCUT2D eigenvalue weighted by Crippen LogP contribution is -2.39. The Balaban J connectivity index is 1.33. The van der Waals surface area contributed by atoms with Crippen LogP contribution in [0, 0.1) is 0 Å². The minimum atomic E-state index is -4.66. The van der Waals surface area contributed by atoms with Crippen LogP contribution in [-0.2, 0) is 20.3 Å². The van der Waals surface area contributed by atoms with Gasteiger partial charge in [-0.15, -0.1) is 0 Å². The molecule has 3 rings (SSSR count). The lowest BCUT2D eigenvalue weighted by molar-refractivity contribution is -0.122. The molecule has 0 saturated heterocycles. The maximum atomic E-state index is 12.6. The molecule has 0 aliphatic carbocycles. The third-order valence-electron chi connectivity index (χ3n) is 7.61. The summed E-state index contributed by atoms with van der Waals surface area (Å²) >= 11 is 0. The Bertz CT molecular complexity index is 1270. The number of unbranched alkanes of at least 4 members (excludes halogenated alkanes) is 11. The number of ether oxygens (including phenoxy) is 1. The van der Waals surface area contributed by atoms with Gasteiger partial charge in [0.05, 0.1) is 12.6 Å². The van der Waals surface area contributed by atoms with Crippen molar-refractivity contribution in [3.05, 3.63) is 72.3 Å². The van der Waals surface area contributed by atoms with Crippen molar-refractivity contribution in [1.82, 2.24) is 10.3 Å². The van der Waals surface area contributed by atoms with E-state index in [0.717, 1.165) is 48.6 Å². The maximum Gasteiger partial charge on any atom is 0.469 e. The van der Waals surface area contributed by atoms with Crippen LogP contribution < -0.4 is 10.1 Å². The van der Waals surface area contributed by atoms with Gasteiger partial charge >= 0.3 is 7.82 Å². The molecular weight excluding hydrogens is 575 g/mol. The fraction of sp³-hybridized carbons (Fsp3) is 0.514. The number of aromatic amines is 1. The van der Waals surface area contributed by atoms with E-state index in [1.54, 1.807) is 0 Å². The minimum Gasteiger partial charge on any atom is -0.441 e. The van der Waals surface area contributed by atoms with E-state index in [1.807, 2.05) is 54.6 Å². The summed E-state index contributed by atoms with van der Waals surface area (Å²) in [4.78, 5) is 34.3. The van der Waals surface area contributed by atoms with Gasteiger partial charge in [0.1, 0.15) is 5.75 Å². The molecule has 3 aromatic rings.